The van der Waals surface area contributed by atoms with Crippen LogP contribution in [0.4, 0.5) is 8.78 Å². The van der Waals surface area contributed by atoms with Gasteiger partial charge in [0.25, 0.3) is 0 Å². The Morgan fingerprint density at radius 3 is 2.46 bits per heavy atom. The van der Waals surface area contributed by atoms with Crippen molar-refractivity contribution >= 4 is 5.96 Å². The standard InChI is InChI=1S/C18H21F2N3O/c1-21-18(23-12-13-3-7-16(24-2)8-4-13)22-10-9-14-5-6-15(19)11-17(14)20/h3-8,11H,9-10,12H2,1-2H3,(H2,21,22,23). The van der Waals surface area contributed by atoms with Crippen molar-refractivity contribution in [1.82, 2.24) is 10.6 Å². The molecule has 6 heteroatoms. The Morgan fingerprint density at radius 1 is 1.08 bits per heavy atom. The summed E-state index contributed by atoms with van der Waals surface area (Å²) in [4.78, 5) is 4.12. The van der Waals surface area contributed by atoms with Gasteiger partial charge in [0, 0.05) is 26.2 Å². The first-order valence-corrected chi connectivity index (χ1v) is 7.63. The highest BCUT2D eigenvalue weighted by Gasteiger charge is 2.04. The van der Waals surface area contributed by atoms with Crippen molar-refractivity contribution in [1.29, 1.82) is 0 Å². The normalized spacial score (nSPS) is 11.2. The number of halogens is 2. The molecule has 0 atom stereocenters. The van der Waals surface area contributed by atoms with Gasteiger partial charge in [-0.25, -0.2) is 8.78 Å². The summed E-state index contributed by atoms with van der Waals surface area (Å²) in [7, 11) is 3.30. The van der Waals surface area contributed by atoms with E-state index >= 15 is 0 Å². The molecule has 0 saturated heterocycles. The number of hydrogen-bond acceptors (Lipinski definition) is 2. The van der Waals surface area contributed by atoms with Crippen LogP contribution in [0.15, 0.2) is 47.5 Å². The summed E-state index contributed by atoms with van der Waals surface area (Å²) in [5.74, 6) is 0.329. The van der Waals surface area contributed by atoms with Gasteiger partial charge in [0.05, 0.1) is 7.11 Å². The summed E-state index contributed by atoms with van der Waals surface area (Å²) in [6, 6.07) is 11.3. The van der Waals surface area contributed by atoms with E-state index in [4.69, 9.17) is 4.74 Å². The minimum absolute atomic E-state index is 0.440. The lowest BCUT2D eigenvalue weighted by atomic mass is 10.1. The first-order valence-electron chi connectivity index (χ1n) is 7.63. The zero-order chi connectivity index (χ0) is 17.4. The van der Waals surface area contributed by atoms with Gasteiger partial charge in [-0.15, -0.1) is 0 Å². The molecule has 0 aliphatic carbocycles. The Balaban J connectivity index is 1.79. The van der Waals surface area contributed by atoms with Crippen LogP contribution in [0.2, 0.25) is 0 Å². The van der Waals surface area contributed by atoms with E-state index in [1.165, 1.54) is 12.1 Å². The average molecular weight is 333 g/mol. The molecule has 4 nitrogen and oxygen atoms in total. The zero-order valence-corrected chi connectivity index (χ0v) is 13.8. The van der Waals surface area contributed by atoms with Crippen molar-refractivity contribution < 1.29 is 13.5 Å². The number of ether oxygens (including phenoxy) is 1. The largest absolute Gasteiger partial charge is 0.497 e. The Labute approximate surface area is 140 Å². The van der Waals surface area contributed by atoms with E-state index < -0.39 is 11.6 Å². The van der Waals surface area contributed by atoms with Crippen LogP contribution in [0.3, 0.4) is 0 Å². The molecule has 24 heavy (non-hydrogen) atoms. The van der Waals surface area contributed by atoms with E-state index in [0.717, 1.165) is 17.4 Å². The first-order chi connectivity index (χ1) is 11.6. The highest BCUT2D eigenvalue weighted by atomic mass is 19.1. The third-order valence-corrected chi connectivity index (χ3v) is 3.54. The van der Waals surface area contributed by atoms with Gasteiger partial charge < -0.3 is 15.4 Å². The summed E-state index contributed by atoms with van der Waals surface area (Å²) in [5.41, 5.74) is 1.55. The van der Waals surface area contributed by atoms with Crippen LogP contribution < -0.4 is 15.4 Å². The predicted molar refractivity (Wildman–Crippen MR) is 91.3 cm³/mol. The highest BCUT2D eigenvalue weighted by molar-refractivity contribution is 5.79. The summed E-state index contributed by atoms with van der Waals surface area (Å²) in [6.45, 7) is 1.10. The fourth-order valence-corrected chi connectivity index (χ4v) is 2.19. The molecule has 0 saturated carbocycles. The number of guanidine groups is 1. The highest BCUT2D eigenvalue weighted by Crippen LogP contribution is 2.11. The molecule has 0 aliphatic heterocycles. The van der Waals surface area contributed by atoms with Crippen LogP contribution in [0.25, 0.3) is 0 Å². The summed E-state index contributed by atoms with van der Waals surface area (Å²) in [6.07, 6.45) is 0.440. The average Bonchev–Trinajstić information content (AvgIpc) is 2.60. The SMILES string of the molecule is CN=C(NCCc1ccc(F)cc1F)NCc1ccc(OC)cc1. The number of hydrogen-bond donors (Lipinski definition) is 2. The molecule has 0 bridgehead atoms. The van der Waals surface area contributed by atoms with Crippen LogP contribution >= 0.6 is 0 Å². The fourth-order valence-electron chi connectivity index (χ4n) is 2.19. The maximum absolute atomic E-state index is 13.6. The lowest BCUT2D eigenvalue weighted by Crippen LogP contribution is -2.37. The van der Waals surface area contributed by atoms with Crippen molar-refractivity contribution in [3.63, 3.8) is 0 Å². The van der Waals surface area contributed by atoms with E-state index in [0.29, 0.717) is 31.0 Å². The molecule has 0 amide bonds. The van der Waals surface area contributed by atoms with Crippen molar-refractivity contribution in [2.75, 3.05) is 20.7 Å². The van der Waals surface area contributed by atoms with E-state index in [9.17, 15) is 8.78 Å². The monoisotopic (exact) mass is 333 g/mol. The van der Waals surface area contributed by atoms with Crippen LogP contribution in [-0.2, 0) is 13.0 Å². The van der Waals surface area contributed by atoms with Crippen molar-refractivity contribution in [3.8, 4) is 5.75 Å². The van der Waals surface area contributed by atoms with Gasteiger partial charge in [0.1, 0.15) is 17.4 Å². The number of methoxy groups -OCH3 is 1. The quantitative estimate of drug-likeness (QED) is 0.631. The fraction of sp³-hybridized carbons (Fsp3) is 0.278. The van der Waals surface area contributed by atoms with Gasteiger partial charge in [-0.1, -0.05) is 18.2 Å². The van der Waals surface area contributed by atoms with Crippen molar-refractivity contribution in [2.45, 2.75) is 13.0 Å². The van der Waals surface area contributed by atoms with Gasteiger partial charge in [-0.2, -0.15) is 0 Å². The van der Waals surface area contributed by atoms with Crippen molar-refractivity contribution in [3.05, 3.63) is 65.2 Å². The first kappa shape index (κ1) is 17.7. The molecule has 2 rings (SSSR count). The lowest BCUT2D eigenvalue weighted by molar-refractivity contribution is 0.414. The van der Waals surface area contributed by atoms with Crippen LogP contribution in [-0.4, -0.2) is 26.7 Å². The molecular weight excluding hydrogens is 312 g/mol. The molecule has 0 heterocycles. The number of nitrogens with one attached hydrogen (secondary N) is 2. The topological polar surface area (TPSA) is 45.7 Å². The van der Waals surface area contributed by atoms with Gasteiger partial charge in [-0.05, 0) is 35.7 Å². The second-order valence-electron chi connectivity index (χ2n) is 5.19. The third kappa shape index (κ3) is 5.22. The Kier molecular flexibility index (Phi) is 6.54. The molecule has 0 spiro atoms. The second-order valence-corrected chi connectivity index (χ2v) is 5.19. The molecule has 0 aliphatic rings. The number of rotatable bonds is 6. The van der Waals surface area contributed by atoms with E-state index in [2.05, 4.69) is 15.6 Å². The minimum atomic E-state index is -0.568. The molecular formula is C18H21F2N3O. The molecule has 0 aromatic heterocycles. The van der Waals surface area contributed by atoms with Gasteiger partial charge in [0.2, 0.25) is 0 Å². The molecule has 2 aromatic rings. The Hall–Kier alpha value is -2.63. The van der Waals surface area contributed by atoms with Crippen LogP contribution in [0.1, 0.15) is 11.1 Å². The van der Waals surface area contributed by atoms with E-state index in [1.54, 1.807) is 14.2 Å². The molecule has 2 aromatic carbocycles. The number of aliphatic imine (C=N–C) groups is 1. The number of nitrogens with zero attached hydrogens (tertiary/aromatic N) is 1. The summed E-state index contributed by atoms with van der Waals surface area (Å²) < 4.78 is 31.6. The molecule has 0 fully saturated rings. The smallest absolute Gasteiger partial charge is 0.191 e. The number of benzene rings is 2. The summed E-state index contributed by atoms with van der Waals surface area (Å²) >= 11 is 0. The van der Waals surface area contributed by atoms with Gasteiger partial charge in [0.15, 0.2) is 5.96 Å². The third-order valence-electron chi connectivity index (χ3n) is 3.54. The van der Waals surface area contributed by atoms with Crippen LogP contribution in [0, 0.1) is 11.6 Å². The van der Waals surface area contributed by atoms with Gasteiger partial charge in [-0.3, -0.25) is 4.99 Å². The lowest BCUT2D eigenvalue weighted by Gasteiger charge is -2.12. The summed E-state index contributed by atoms with van der Waals surface area (Å²) in [5, 5.41) is 6.28. The maximum atomic E-state index is 13.6. The zero-order valence-electron chi connectivity index (χ0n) is 13.8. The second kappa shape index (κ2) is 8.86. The molecule has 0 unspecified atom stereocenters. The van der Waals surface area contributed by atoms with Crippen LogP contribution in [0.5, 0.6) is 5.75 Å². The maximum Gasteiger partial charge on any atom is 0.191 e. The molecule has 128 valence electrons. The predicted octanol–water partition coefficient (Wildman–Crippen LogP) is 2.88. The van der Waals surface area contributed by atoms with E-state index in [-0.39, 0.29) is 0 Å². The van der Waals surface area contributed by atoms with Gasteiger partial charge >= 0.3 is 0 Å². The Morgan fingerprint density at radius 2 is 1.83 bits per heavy atom. The molecule has 0 radical (unpaired) electrons. The Bertz CT molecular complexity index is 687. The van der Waals surface area contributed by atoms with E-state index in [1.807, 2.05) is 24.3 Å². The molecule has 2 N–H and O–H groups in total. The van der Waals surface area contributed by atoms with Crippen molar-refractivity contribution in [2.24, 2.45) is 4.99 Å². The minimum Gasteiger partial charge on any atom is -0.497 e.